The number of aromatic nitrogens is 1. The van der Waals surface area contributed by atoms with E-state index in [1.807, 2.05) is 0 Å². The van der Waals surface area contributed by atoms with Gasteiger partial charge in [0.25, 0.3) is 0 Å². The molecule has 2 aromatic rings. The van der Waals surface area contributed by atoms with Crippen molar-refractivity contribution >= 4 is 0 Å². The van der Waals surface area contributed by atoms with Gasteiger partial charge in [-0.2, -0.15) is 0 Å². The summed E-state index contributed by atoms with van der Waals surface area (Å²) >= 11 is 0. The predicted octanol–water partition coefficient (Wildman–Crippen LogP) is 1.43. The van der Waals surface area contributed by atoms with E-state index in [2.05, 4.69) is 4.98 Å². The third kappa shape index (κ3) is 1.02. The van der Waals surface area contributed by atoms with Crippen LogP contribution in [0.4, 0.5) is 0 Å². The molecule has 0 aliphatic heterocycles. The van der Waals surface area contributed by atoms with Crippen LogP contribution >= 0.6 is 0 Å². The van der Waals surface area contributed by atoms with E-state index in [1.165, 1.54) is 6.39 Å². The number of oxazole rings is 1. The molecule has 0 unspecified atom stereocenters. The molecule has 0 fully saturated rings. The maximum absolute atomic E-state index is 8.85. The van der Waals surface area contributed by atoms with Crippen LogP contribution in [-0.4, -0.2) is 10.1 Å². The average molecular weight is 165 g/mol. The lowest BCUT2D eigenvalue weighted by molar-refractivity contribution is 0.277. The Morgan fingerprint density at radius 2 is 2.42 bits per heavy atom. The van der Waals surface area contributed by atoms with E-state index in [-0.39, 0.29) is 6.61 Å². The highest BCUT2D eigenvalue weighted by molar-refractivity contribution is 5.57. The van der Waals surface area contributed by atoms with Crippen LogP contribution in [0.5, 0.6) is 0 Å². The molecule has 0 aliphatic rings. The van der Waals surface area contributed by atoms with Gasteiger partial charge in [0.15, 0.2) is 12.2 Å². The Labute approximate surface area is 68.5 Å². The molecule has 62 valence electrons. The molecule has 0 radical (unpaired) electrons. The third-order valence-electron chi connectivity index (χ3n) is 1.57. The summed E-state index contributed by atoms with van der Waals surface area (Å²) in [5, 5.41) is 8.85. The van der Waals surface area contributed by atoms with Gasteiger partial charge in [-0.25, -0.2) is 4.98 Å². The topological polar surface area (TPSA) is 59.4 Å². The Kier molecular flexibility index (Phi) is 1.68. The molecular formula is C8H7NO3. The van der Waals surface area contributed by atoms with Crippen LogP contribution < -0.4 is 0 Å². The van der Waals surface area contributed by atoms with Crippen molar-refractivity contribution in [2.24, 2.45) is 0 Å². The van der Waals surface area contributed by atoms with E-state index < -0.39 is 0 Å². The number of nitrogens with zero attached hydrogens (tertiary/aromatic N) is 1. The Hall–Kier alpha value is -1.55. The van der Waals surface area contributed by atoms with Crippen molar-refractivity contribution < 1.29 is 13.9 Å². The van der Waals surface area contributed by atoms with Gasteiger partial charge in [0.05, 0.1) is 18.4 Å². The van der Waals surface area contributed by atoms with Gasteiger partial charge in [0, 0.05) is 0 Å². The van der Waals surface area contributed by atoms with Gasteiger partial charge in [-0.15, -0.1) is 0 Å². The van der Waals surface area contributed by atoms with E-state index in [0.717, 1.165) is 5.56 Å². The smallest absolute Gasteiger partial charge is 0.181 e. The van der Waals surface area contributed by atoms with E-state index in [4.69, 9.17) is 13.9 Å². The lowest BCUT2D eigenvalue weighted by atomic mass is 10.2. The summed E-state index contributed by atoms with van der Waals surface area (Å²) in [5.41, 5.74) is 1.31. The van der Waals surface area contributed by atoms with Crippen molar-refractivity contribution in [1.29, 1.82) is 0 Å². The first kappa shape index (κ1) is 7.12. The molecule has 2 heterocycles. The normalized spacial score (nSPS) is 10.4. The number of hydrogen-bond donors (Lipinski definition) is 1. The number of hydrogen-bond acceptors (Lipinski definition) is 4. The Balaban J connectivity index is 2.46. The van der Waals surface area contributed by atoms with Crippen LogP contribution in [0.1, 0.15) is 5.69 Å². The van der Waals surface area contributed by atoms with Crippen LogP contribution in [0, 0.1) is 0 Å². The maximum atomic E-state index is 8.85. The monoisotopic (exact) mass is 165 g/mol. The zero-order valence-electron chi connectivity index (χ0n) is 6.23. The van der Waals surface area contributed by atoms with Crippen LogP contribution in [0.15, 0.2) is 33.8 Å². The number of aliphatic hydroxyl groups is 1. The zero-order chi connectivity index (χ0) is 8.39. The van der Waals surface area contributed by atoms with Crippen molar-refractivity contribution in [3.63, 3.8) is 0 Å². The van der Waals surface area contributed by atoms with Gasteiger partial charge >= 0.3 is 0 Å². The molecule has 0 bridgehead atoms. The number of rotatable bonds is 2. The van der Waals surface area contributed by atoms with Crippen molar-refractivity contribution in [3.05, 3.63) is 30.7 Å². The van der Waals surface area contributed by atoms with Crippen LogP contribution in [0.25, 0.3) is 11.3 Å². The lowest BCUT2D eigenvalue weighted by Crippen LogP contribution is -1.84. The summed E-state index contributed by atoms with van der Waals surface area (Å²) < 4.78 is 9.94. The first-order valence-electron chi connectivity index (χ1n) is 3.47. The molecule has 2 aromatic heterocycles. The Bertz CT molecular complexity index is 350. The minimum Gasteiger partial charge on any atom is -0.472 e. The van der Waals surface area contributed by atoms with E-state index in [1.54, 1.807) is 18.6 Å². The summed E-state index contributed by atoms with van der Waals surface area (Å²) in [4.78, 5) is 3.83. The Morgan fingerprint density at radius 1 is 1.50 bits per heavy atom. The minimum absolute atomic E-state index is 0.128. The lowest BCUT2D eigenvalue weighted by Gasteiger charge is -1.91. The van der Waals surface area contributed by atoms with Crippen LogP contribution in [0.3, 0.4) is 0 Å². The second-order valence-electron chi connectivity index (χ2n) is 2.30. The fraction of sp³-hybridized carbons (Fsp3) is 0.125. The Morgan fingerprint density at radius 3 is 3.08 bits per heavy atom. The summed E-state index contributed by atoms with van der Waals surface area (Å²) in [5.74, 6) is 0.561. The van der Waals surface area contributed by atoms with Gasteiger partial charge in [0.2, 0.25) is 0 Å². The van der Waals surface area contributed by atoms with Gasteiger partial charge in [-0.3, -0.25) is 0 Å². The van der Waals surface area contributed by atoms with Crippen molar-refractivity contribution in [1.82, 2.24) is 4.98 Å². The van der Waals surface area contributed by atoms with Crippen LogP contribution in [0.2, 0.25) is 0 Å². The highest BCUT2D eigenvalue weighted by Gasteiger charge is 2.09. The number of aliphatic hydroxyl groups excluding tert-OH is 1. The molecule has 2 rings (SSSR count). The molecule has 0 saturated carbocycles. The quantitative estimate of drug-likeness (QED) is 0.731. The molecular weight excluding hydrogens is 158 g/mol. The van der Waals surface area contributed by atoms with Gasteiger partial charge in [-0.05, 0) is 6.07 Å². The van der Waals surface area contributed by atoms with Gasteiger partial charge in [-0.1, -0.05) is 0 Å². The van der Waals surface area contributed by atoms with E-state index in [0.29, 0.717) is 11.5 Å². The summed E-state index contributed by atoms with van der Waals surface area (Å²) in [6.07, 6.45) is 4.38. The largest absolute Gasteiger partial charge is 0.472 e. The molecule has 4 heteroatoms. The van der Waals surface area contributed by atoms with Crippen LogP contribution in [-0.2, 0) is 6.61 Å². The van der Waals surface area contributed by atoms with E-state index >= 15 is 0 Å². The molecule has 0 amide bonds. The first-order valence-corrected chi connectivity index (χ1v) is 3.47. The summed E-state index contributed by atoms with van der Waals surface area (Å²) in [6.45, 7) is -0.128. The fourth-order valence-electron chi connectivity index (χ4n) is 1.01. The third-order valence-corrected chi connectivity index (χ3v) is 1.57. The molecule has 0 atom stereocenters. The molecule has 1 N–H and O–H groups in total. The molecule has 4 nitrogen and oxygen atoms in total. The fourth-order valence-corrected chi connectivity index (χ4v) is 1.01. The highest BCUT2D eigenvalue weighted by atomic mass is 16.3. The second kappa shape index (κ2) is 2.83. The first-order chi connectivity index (χ1) is 5.92. The maximum Gasteiger partial charge on any atom is 0.181 e. The summed E-state index contributed by atoms with van der Waals surface area (Å²) in [6, 6.07) is 1.75. The second-order valence-corrected chi connectivity index (χ2v) is 2.30. The van der Waals surface area contributed by atoms with Gasteiger partial charge < -0.3 is 13.9 Å². The molecule has 0 saturated heterocycles. The van der Waals surface area contributed by atoms with Gasteiger partial charge in [0.1, 0.15) is 12.0 Å². The van der Waals surface area contributed by atoms with Crippen molar-refractivity contribution in [3.8, 4) is 11.3 Å². The summed E-state index contributed by atoms with van der Waals surface area (Å²) in [7, 11) is 0. The number of furan rings is 1. The molecule has 0 aliphatic carbocycles. The standard InChI is InChI=1S/C8H7NO3/c10-3-7-8(12-5-9-7)6-1-2-11-4-6/h1-2,4-5,10H,3H2. The van der Waals surface area contributed by atoms with E-state index in [9.17, 15) is 0 Å². The molecule has 12 heavy (non-hydrogen) atoms. The SMILES string of the molecule is OCc1ncoc1-c1ccoc1. The predicted molar refractivity (Wildman–Crippen MR) is 40.1 cm³/mol. The zero-order valence-corrected chi connectivity index (χ0v) is 6.23. The van der Waals surface area contributed by atoms with Crippen molar-refractivity contribution in [2.75, 3.05) is 0 Å². The molecule has 0 aromatic carbocycles. The van der Waals surface area contributed by atoms with Crippen molar-refractivity contribution in [2.45, 2.75) is 6.61 Å². The minimum atomic E-state index is -0.128. The highest BCUT2D eigenvalue weighted by Crippen LogP contribution is 2.22. The molecule has 0 spiro atoms. The average Bonchev–Trinajstić information content (AvgIpc) is 2.74.